The Morgan fingerprint density at radius 3 is 2.49 bits per heavy atom. The van der Waals surface area contributed by atoms with Crippen LogP contribution in [0.2, 0.25) is 0 Å². The Labute approximate surface area is 212 Å². The normalized spacial score (nSPS) is 24.6. The Morgan fingerprint density at radius 2 is 1.92 bits per heavy atom. The van der Waals surface area contributed by atoms with E-state index in [9.17, 15) is 31.9 Å². The zero-order valence-corrected chi connectivity index (χ0v) is 21.6. The molecule has 3 N–H and O–H groups in total. The highest BCUT2D eigenvalue weighted by atomic mass is 32.2. The Bertz CT molecular complexity index is 1340. The number of rotatable bonds is 5. The highest BCUT2D eigenvalue weighted by Gasteiger charge is 2.49. The van der Waals surface area contributed by atoms with Gasteiger partial charge in [-0.05, 0) is 45.4 Å². The number of fused-ring (bicyclic) bond motifs is 1. The fourth-order valence-corrected chi connectivity index (χ4v) is 6.14. The third-order valence-electron chi connectivity index (χ3n) is 6.73. The summed E-state index contributed by atoms with van der Waals surface area (Å²) in [6, 6.07) is 0.277. The zero-order valence-electron chi connectivity index (χ0n) is 20.8. The van der Waals surface area contributed by atoms with Gasteiger partial charge in [-0.1, -0.05) is 0 Å². The average molecular weight is 542 g/mol. The summed E-state index contributed by atoms with van der Waals surface area (Å²) in [5.41, 5.74) is 5.22. The smallest absolute Gasteiger partial charge is 0.408 e. The zero-order chi connectivity index (χ0) is 27.4. The van der Waals surface area contributed by atoms with E-state index in [1.165, 1.54) is 6.20 Å². The van der Waals surface area contributed by atoms with Crippen LogP contribution >= 0.6 is 0 Å². The maximum Gasteiger partial charge on any atom is 0.408 e. The maximum absolute atomic E-state index is 14.8. The molecule has 2 amide bonds. The van der Waals surface area contributed by atoms with Crippen molar-refractivity contribution in [2.45, 2.75) is 63.5 Å². The second kappa shape index (κ2) is 9.33. The summed E-state index contributed by atoms with van der Waals surface area (Å²) in [6.07, 6.45) is -0.0896. The fraction of sp³-hybridized carbons (Fsp3) is 0.522. The van der Waals surface area contributed by atoms with Crippen molar-refractivity contribution in [2.75, 3.05) is 12.9 Å². The number of ether oxygens (including phenoxy) is 1. The lowest BCUT2D eigenvalue weighted by Gasteiger charge is -2.48. The number of primary amides is 1. The van der Waals surface area contributed by atoms with Gasteiger partial charge in [0.2, 0.25) is 5.91 Å². The van der Waals surface area contributed by atoms with Gasteiger partial charge in [0, 0.05) is 29.3 Å². The standard InChI is InChI=1S/C23H29F2N5O6S/c1-23(2,3)29(22(32)33)17-8-13(11-36-20(17)14-7-12(24)5-6-16(14)25)28-10-18-15(19(28)21(26)31)9-27-30(18)37(4,34)35/h5-7,9,13,17,19-20H,8,10-11H2,1-4H3,(H2,26,31)(H,32,33)/t13-,17+,19+,20-/m1/s1. The summed E-state index contributed by atoms with van der Waals surface area (Å²) in [4.78, 5) is 27.7. The Hall–Kier alpha value is -3.10. The van der Waals surface area contributed by atoms with Gasteiger partial charge in [0.1, 0.15) is 23.8 Å². The average Bonchev–Trinajstić information content (AvgIpc) is 3.33. The van der Waals surface area contributed by atoms with Gasteiger partial charge in [0.05, 0.1) is 30.8 Å². The number of halogens is 2. The monoisotopic (exact) mass is 541 g/mol. The minimum absolute atomic E-state index is 0.0155. The predicted molar refractivity (Wildman–Crippen MR) is 127 cm³/mol. The van der Waals surface area contributed by atoms with Crippen molar-refractivity contribution in [1.29, 1.82) is 0 Å². The highest BCUT2D eigenvalue weighted by molar-refractivity contribution is 7.89. The van der Waals surface area contributed by atoms with E-state index in [-0.39, 0.29) is 30.8 Å². The predicted octanol–water partition coefficient (Wildman–Crippen LogP) is 1.99. The highest BCUT2D eigenvalue weighted by Crippen LogP contribution is 2.42. The van der Waals surface area contributed by atoms with Crippen LogP contribution in [0.4, 0.5) is 13.6 Å². The van der Waals surface area contributed by atoms with E-state index < -0.39 is 63.4 Å². The first-order valence-electron chi connectivity index (χ1n) is 11.5. The summed E-state index contributed by atoms with van der Waals surface area (Å²) in [6.45, 7) is 4.92. The third-order valence-corrected chi connectivity index (χ3v) is 7.68. The first kappa shape index (κ1) is 26.9. The van der Waals surface area contributed by atoms with Gasteiger partial charge < -0.3 is 15.6 Å². The first-order valence-corrected chi connectivity index (χ1v) is 13.4. The summed E-state index contributed by atoms with van der Waals surface area (Å²) in [5.74, 6) is -2.19. The van der Waals surface area contributed by atoms with Crippen LogP contribution in [0.3, 0.4) is 0 Å². The molecule has 1 aromatic carbocycles. The van der Waals surface area contributed by atoms with E-state index in [2.05, 4.69) is 5.10 Å². The number of hydrogen-bond donors (Lipinski definition) is 2. The molecule has 1 aromatic heterocycles. The molecule has 4 atom stereocenters. The molecule has 3 heterocycles. The van der Waals surface area contributed by atoms with Gasteiger partial charge >= 0.3 is 6.09 Å². The van der Waals surface area contributed by atoms with Gasteiger partial charge in [0.25, 0.3) is 10.0 Å². The Morgan fingerprint density at radius 1 is 1.24 bits per heavy atom. The van der Waals surface area contributed by atoms with Crippen molar-refractivity contribution >= 4 is 22.0 Å². The molecule has 202 valence electrons. The number of hydrogen-bond acceptors (Lipinski definition) is 7. The molecular weight excluding hydrogens is 512 g/mol. The molecule has 0 saturated carbocycles. The van der Waals surface area contributed by atoms with Gasteiger partial charge in [0.15, 0.2) is 0 Å². The number of aromatic nitrogens is 2. The van der Waals surface area contributed by atoms with Gasteiger partial charge in [-0.15, -0.1) is 0 Å². The molecule has 37 heavy (non-hydrogen) atoms. The molecule has 0 aliphatic carbocycles. The van der Waals surface area contributed by atoms with Crippen molar-refractivity contribution in [3.8, 4) is 0 Å². The molecule has 0 unspecified atom stereocenters. The summed E-state index contributed by atoms with van der Waals surface area (Å²) < 4.78 is 60.1. The molecule has 2 aliphatic rings. The number of carbonyl (C=O) groups excluding carboxylic acids is 1. The van der Waals surface area contributed by atoms with Crippen LogP contribution in [0.5, 0.6) is 0 Å². The molecule has 0 bridgehead atoms. The van der Waals surface area contributed by atoms with Gasteiger partial charge in [-0.3, -0.25) is 14.6 Å². The van der Waals surface area contributed by atoms with Crippen LogP contribution in [-0.4, -0.2) is 75.0 Å². The summed E-state index contributed by atoms with van der Waals surface area (Å²) >= 11 is 0. The van der Waals surface area contributed by atoms with E-state index in [4.69, 9.17) is 10.5 Å². The van der Waals surface area contributed by atoms with E-state index in [1.807, 2.05) is 0 Å². The molecule has 1 saturated heterocycles. The molecule has 0 spiro atoms. The van der Waals surface area contributed by atoms with E-state index in [0.29, 0.717) is 5.56 Å². The molecular formula is C23H29F2N5O6S. The van der Waals surface area contributed by atoms with Gasteiger partial charge in [-0.25, -0.2) is 22.0 Å². The lowest BCUT2D eigenvalue weighted by molar-refractivity contribution is -0.131. The second-order valence-electron chi connectivity index (χ2n) is 10.3. The number of amides is 2. The maximum atomic E-state index is 14.8. The van der Waals surface area contributed by atoms with Crippen LogP contribution in [0.25, 0.3) is 0 Å². The second-order valence-corrected chi connectivity index (χ2v) is 12.1. The number of nitrogens with two attached hydrogens (primary N) is 1. The SMILES string of the molecule is CC(C)(C)N(C(=O)O)[C@H]1C[C@@H](N2Cc3c(cnn3S(C)(=O)=O)[C@H]2C(N)=O)CO[C@@H]1c1cc(F)ccc1F. The molecule has 14 heteroatoms. The minimum Gasteiger partial charge on any atom is -0.465 e. The lowest BCUT2D eigenvalue weighted by Crippen LogP contribution is -2.59. The molecule has 1 fully saturated rings. The van der Waals surface area contributed by atoms with Crippen molar-refractivity contribution in [3.05, 3.63) is 52.9 Å². The van der Waals surface area contributed by atoms with Crippen LogP contribution in [-0.2, 0) is 26.1 Å². The van der Waals surface area contributed by atoms with Crippen molar-refractivity contribution in [2.24, 2.45) is 5.73 Å². The van der Waals surface area contributed by atoms with Crippen LogP contribution in [0.15, 0.2) is 24.4 Å². The van der Waals surface area contributed by atoms with Gasteiger partial charge in [-0.2, -0.15) is 9.19 Å². The van der Waals surface area contributed by atoms with Crippen molar-refractivity contribution in [3.63, 3.8) is 0 Å². The first-order chi connectivity index (χ1) is 17.1. The molecule has 0 radical (unpaired) electrons. The van der Waals surface area contributed by atoms with Crippen molar-refractivity contribution in [1.82, 2.24) is 19.0 Å². The van der Waals surface area contributed by atoms with E-state index in [1.54, 1.807) is 25.7 Å². The number of benzene rings is 1. The molecule has 11 nitrogen and oxygen atoms in total. The number of nitrogens with zero attached hydrogens (tertiary/aromatic N) is 4. The van der Waals surface area contributed by atoms with Crippen LogP contribution in [0.1, 0.15) is 56.2 Å². The van der Waals surface area contributed by atoms with Crippen molar-refractivity contribution < 1.29 is 36.6 Å². The fourth-order valence-electron chi connectivity index (χ4n) is 5.36. The summed E-state index contributed by atoms with van der Waals surface area (Å²) in [5, 5.41) is 14.0. The largest absolute Gasteiger partial charge is 0.465 e. The van der Waals surface area contributed by atoms with Crippen LogP contribution < -0.4 is 5.73 Å². The third kappa shape index (κ3) is 4.92. The quantitative estimate of drug-likeness (QED) is 0.584. The van der Waals surface area contributed by atoms with E-state index >= 15 is 0 Å². The Balaban J connectivity index is 1.75. The van der Waals surface area contributed by atoms with E-state index in [0.717, 1.165) is 33.4 Å². The number of carbonyl (C=O) groups is 2. The Kier molecular flexibility index (Phi) is 6.80. The molecule has 2 aromatic rings. The van der Waals surface area contributed by atoms with Crippen LogP contribution in [0, 0.1) is 11.6 Å². The molecule has 2 aliphatic heterocycles. The topological polar surface area (TPSA) is 148 Å². The minimum atomic E-state index is -3.76. The summed E-state index contributed by atoms with van der Waals surface area (Å²) in [7, 11) is -3.76. The number of carboxylic acid groups (broad SMARTS) is 1. The molecule has 4 rings (SSSR count). The lowest BCUT2D eigenvalue weighted by atomic mass is 9.88.